The van der Waals surface area contributed by atoms with Crippen LogP contribution in [0.4, 0.5) is 0 Å². The molecule has 0 bridgehead atoms. The number of aliphatic imine (C=N–C) groups is 1. The summed E-state index contributed by atoms with van der Waals surface area (Å²) in [5.74, 6) is 0.654. The van der Waals surface area contributed by atoms with Crippen LogP contribution in [-0.4, -0.2) is 30.7 Å². The van der Waals surface area contributed by atoms with Crippen molar-refractivity contribution in [3.8, 4) is 0 Å². The number of aliphatic hydroxyl groups is 1. The zero-order valence-electron chi connectivity index (χ0n) is 8.39. The van der Waals surface area contributed by atoms with Gasteiger partial charge in [-0.05, 0) is 17.7 Å². The molecule has 1 aromatic rings. The van der Waals surface area contributed by atoms with Gasteiger partial charge in [0.25, 0.3) is 0 Å². The van der Waals surface area contributed by atoms with Crippen molar-refractivity contribution in [3.05, 3.63) is 35.4 Å². The minimum absolute atomic E-state index is 0.219. The van der Waals surface area contributed by atoms with E-state index >= 15 is 0 Å². The number of aliphatic hydroxyl groups excluding tert-OH is 1. The molecule has 4 heteroatoms. The first-order chi connectivity index (χ1) is 7.31. The molecule has 1 unspecified atom stereocenters. The summed E-state index contributed by atoms with van der Waals surface area (Å²) in [5, 5.41) is 9.59. The minimum Gasteiger partial charge on any atom is -0.476 e. The Balaban J connectivity index is 2.26. The van der Waals surface area contributed by atoms with Crippen LogP contribution in [0, 0.1) is 0 Å². The number of benzene rings is 1. The molecule has 0 spiro atoms. The van der Waals surface area contributed by atoms with Crippen LogP contribution in [0.5, 0.6) is 0 Å². The summed E-state index contributed by atoms with van der Waals surface area (Å²) < 4.78 is 5.34. The van der Waals surface area contributed by atoms with E-state index in [1.165, 1.54) is 0 Å². The summed E-state index contributed by atoms with van der Waals surface area (Å²) in [4.78, 5) is 4.21. The second-order valence-electron chi connectivity index (χ2n) is 3.41. The van der Waals surface area contributed by atoms with Crippen molar-refractivity contribution < 1.29 is 9.84 Å². The Morgan fingerprint density at radius 2 is 2.40 bits per heavy atom. The number of ether oxygens (including phenoxy) is 1. The van der Waals surface area contributed by atoms with E-state index in [0.717, 1.165) is 11.1 Å². The molecular weight excluding hydrogens is 192 g/mol. The summed E-state index contributed by atoms with van der Waals surface area (Å²) in [6.07, 6.45) is -0.619. The van der Waals surface area contributed by atoms with Crippen molar-refractivity contribution in [1.82, 2.24) is 0 Å². The van der Waals surface area contributed by atoms with Crippen LogP contribution >= 0.6 is 0 Å². The van der Waals surface area contributed by atoms with Crippen molar-refractivity contribution >= 4 is 5.90 Å². The highest BCUT2D eigenvalue weighted by Gasteiger charge is 2.12. The summed E-state index contributed by atoms with van der Waals surface area (Å²) in [5.41, 5.74) is 7.10. The Labute approximate surface area is 88.4 Å². The lowest BCUT2D eigenvalue weighted by Crippen LogP contribution is -2.12. The van der Waals surface area contributed by atoms with Gasteiger partial charge >= 0.3 is 0 Å². The molecule has 3 N–H and O–H groups in total. The molecule has 15 heavy (non-hydrogen) atoms. The van der Waals surface area contributed by atoms with Gasteiger partial charge in [-0.2, -0.15) is 0 Å². The molecule has 1 aliphatic rings. The van der Waals surface area contributed by atoms with Gasteiger partial charge < -0.3 is 15.6 Å². The quantitative estimate of drug-likeness (QED) is 0.754. The maximum absolute atomic E-state index is 9.59. The number of hydrogen-bond acceptors (Lipinski definition) is 4. The molecule has 80 valence electrons. The summed E-state index contributed by atoms with van der Waals surface area (Å²) >= 11 is 0. The van der Waals surface area contributed by atoms with Crippen LogP contribution in [0.1, 0.15) is 17.2 Å². The zero-order chi connectivity index (χ0) is 10.7. The third kappa shape index (κ3) is 2.16. The number of nitrogens with two attached hydrogens (primary N) is 1. The van der Waals surface area contributed by atoms with E-state index in [-0.39, 0.29) is 6.54 Å². The fourth-order valence-electron chi connectivity index (χ4n) is 1.52. The summed E-state index contributed by atoms with van der Waals surface area (Å²) in [6, 6.07) is 7.49. The van der Waals surface area contributed by atoms with E-state index in [1.54, 1.807) is 0 Å². The molecule has 0 saturated heterocycles. The Kier molecular flexibility index (Phi) is 2.99. The molecule has 0 aromatic heterocycles. The third-order valence-corrected chi connectivity index (χ3v) is 2.33. The van der Waals surface area contributed by atoms with E-state index in [1.807, 2.05) is 24.3 Å². The fraction of sp³-hybridized carbons (Fsp3) is 0.364. The molecule has 1 aliphatic heterocycles. The topological polar surface area (TPSA) is 67.8 Å². The molecule has 0 aliphatic carbocycles. The number of rotatable bonds is 3. The Morgan fingerprint density at radius 1 is 1.53 bits per heavy atom. The second-order valence-corrected chi connectivity index (χ2v) is 3.41. The second kappa shape index (κ2) is 4.42. The summed E-state index contributed by atoms with van der Waals surface area (Å²) in [7, 11) is 0. The van der Waals surface area contributed by atoms with Gasteiger partial charge in [0.1, 0.15) is 6.61 Å². The minimum atomic E-state index is -0.619. The molecule has 1 atom stereocenters. The number of hydrogen-bond donors (Lipinski definition) is 2. The Hall–Kier alpha value is -1.39. The highest BCUT2D eigenvalue weighted by molar-refractivity contribution is 5.95. The molecule has 0 fully saturated rings. The van der Waals surface area contributed by atoms with Crippen LogP contribution in [-0.2, 0) is 4.74 Å². The summed E-state index contributed by atoms with van der Waals surface area (Å²) in [6.45, 7) is 1.56. The lowest BCUT2D eigenvalue weighted by molar-refractivity contribution is 0.186. The van der Waals surface area contributed by atoms with Gasteiger partial charge in [0.15, 0.2) is 0 Å². The van der Waals surface area contributed by atoms with Crippen LogP contribution in [0.25, 0.3) is 0 Å². The molecule has 1 aromatic carbocycles. The van der Waals surface area contributed by atoms with Gasteiger partial charge in [0, 0.05) is 12.1 Å². The zero-order valence-corrected chi connectivity index (χ0v) is 8.39. The molecule has 2 rings (SSSR count). The van der Waals surface area contributed by atoms with Crippen molar-refractivity contribution in [3.63, 3.8) is 0 Å². The van der Waals surface area contributed by atoms with Crippen LogP contribution in [0.3, 0.4) is 0 Å². The average Bonchev–Trinajstić information content (AvgIpc) is 2.82. The van der Waals surface area contributed by atoms with Gasteiger partial charge in [-0.3, -0.25) is 0 Å². The maximum atomic E-state index is 9.59. The van der Waals surface area contributed by atoms with Gasteiger partial charge in [-0.15, -0.1) is 0 Å². The van der Waals surface area contributed by atoms with E-state index in [9.17, 15) is 5.11 Å². The van der Waals surface area contributed by atoms with Crippen LogP contribution in [0.15, 0.2) is 29.3 Å². The molecular formula is C11H14N2O2. The SMILES string of the molecule is NCC(O)c1cccc(C2=NCCO2)c1. The average molecular weight is 206 g/mol. The fourth-order valence-corrected chi connectivity index (χ4v) is 1.52. The smallest absolute Gasteiger partial charge is 0.216 e. The van der Waals surface area contributed by atoms with Crippen molar-refractivity contribution in [2.75, 3.05) is 19.7 Å². The van der Waals surface area contributed by atoms with Crippen molar-refractivity contribution in [1.29, 1.82) is 0 Å². The lowest BCUT2D eigenvalue weighted by Gasteiger charge is -2.09. The highest BCUT2D eigenvalue weighted by Crippen LogP contribution is 2.15. The standard InChI is InChI=1S/C11H14N2O2/c12-7-10(14)8-2-1-3-9(6-8)11-13-4-5-15-11/h1-3,6,10,14H,4-5,7,12H2. The van der Waals surface area contributed by atoms with Gasteiger partial charge in [0.05, 0.1) is 12.6 Å². The lowest BCUT2D eigenvalue weighted by atomic mass is 10.1. The predicted octanol–water partition coefficient (Wildman–Crippen LogP) is 0.455. The first-order valence-corrected chi connectivity index (χ1v) is 4.97. The molecule has 0 amide bonds. The van der Waals surface area contributed by atoms with E-state index in [4.69, 9.17) is 10.5 Å². The normalized spacial score (nSPS) is 17.1. The van der Waals surface area contributed by atoms with Gasteiger partial charge in [-0.1, -0.05) is 12.1 Å². The molecule has 0 radical (unpaired) electrons. The van der Waals surface area contributed by atoms with Crippen molar-refractivity contribution in [2.45, 2.75) is 6.10 Å². The van der Waals surface area contributed by atoms with E-state index < -0.39 is 6.10 Å². The first kappa shape index (κ1) is 10.1. The third-order valence-electron chi connectivity index (χ3n) is 2.33. The van der Waals surface area contributed by atoms with Crippen LogP contribution < -0.4 is 5.73 Å². The van der Waals surface area contributed by atoms with Gasteiger partial charge in [0.2, 0.25) is 5.90 Å². The molecule has 1 heterocycles. The molecule has 0 saturated carbocycles. The first-order valence-electron chi connectivity index (χ1n) is 4.97. The van der Waals surface area contributed by atoms with Crippen LogP contribution in [0.2, 0.25) is 0 Å². The van der Waals surface area contributed by atoms with Crippen molar-refractivity contribution in [2.24, 2.45) is 10.7 Å². The van der Waals surface area contributed by atoms with Gasteiger partial charge in [-0.25, -0.2) is 4.99 Å². The van der Waals surface area contributed by atoms with E-state index in [0.29, 0.717) is 19.0 Å². The predicted molar refractivity (Wildman–Crippen MR) is 57.8 cm³/mol. The maximum Gasteiger partial charge on any atom is 0.216 e. The Morgan fingerprint density at radius 3 is 3.07 bits per heavy atom. The Bertz CT molecular complexity index is 377. The molecule has 4 nitrogen and oxygen atoms in total. The highest BCUT2D eigenvalue weighted by atomic mass is 16.5. The monoisotopic (exact) mass is 206 g/mol. The largest absolute Gasteiger partial charge is 0.476 e. The van der Waals surface area contributed by atoms with E-state index in [2.05, 4.69) is 4.99 Å². The number of nitrogens with zero attached hydrogens (tertiary/aromatic N) is 1.